The molecule has 1 saturated heterocycles. The van der Waals surface area contributed by atoms with Crippen molar-refractivity contribution in [1.29, 1.82) is 0 Å². The first-order valence-corrected chi connectivity index (χ1v) is 8.10. The SMILES string of the molecule is CNC(=O)c1ccc(CNC2CCC(C(F)(F)F)N(C(C)=O)C2)cc1. The van der Waals surface area contributed by atoms with E-state index in [1.165, 1.54) is 6.92 Å². The van der Waals surface area contributed by atoms with Crippen LogP contribution < -0.4 is 10.6 Å². The van der Waals surface area contributed by atoms with Gasteiger partial charge in [0, 0.05) is 38.7 Å². The van der Waals surface area contributed by atoms with Gasteiger partial charge in [-0.2, -0.15) is 13.2 Å². The molecule has 0 aliphatic carbocycles. The predicted molar refractivity (Wildman–Crippen MR) is 86.9 cm³/mol. The average Bonchev–Trinajstić information content (AvgIpc) is 2.58. The van der Waals surface area contributed by atoms with E-state index in [2.05, 4.69) is 10.6 Å². The molecule has 2 atom stereocenters. The molecule has 1 fully saturated rings. The van der Waals surface area contributed by atoms with Crippen LogP contribution in [0.3, 0.4) is 0 Å². The minimum absolute atomic E-state index is 0.0375. The second-order valence-electron chi connectivity index (χ2n) is 6.16. The molecular weight excluding hydrogens is 335 g/mol. The number of rotatable bonds is 4. The van der Waals surface area contributed by atoms with Crippen LogP contribution in [0.4, 0.5) is 13.2 Å². The van der Waals surface area contributed by atoms with Gasteiger partial charge in [0.15, 0.2) is 0 Å². The van der Waals surface area contributed by atoms with E-state index in [1.54, 1.807) is 31.3 Å². The molecule has 0 aromatic heterocycles. The monoisotopic (exact) mass is 357 g/mol. The van der Waals surface area contributed by atoms with Gasteiger partial charge in [-0.25, -0.2) is 0 Å². The number of amides is 2. The molecule has 1 aromatic carbocycles. The summed E-state index contributed by atoms with van der Waals surface area (Å²) in [5, 5.41) is 5.73. The highest BCUT2D eigenvalue weighted by Gasteiger charge is 2.47. The minimum atomic E-state index is -4.40. The number of benzene rings is 1. The van der Waals surface area contributed by atoms with Crippen molar-refractivity contribution < 1.29 is 22.8 Å². The van der Waals surface area contributed by atoms with Crippen molar-refractivity contribution in [3.63, 3.8) is 0 Å². The topological polar surface area (TPSA) is 61.4 Å². The van der Waals surface area contributed by atoms with E-state index in [4.69, 9.17) is 0 Å². The molecule has 0 spiro atoms. The predicted octanol–water partition coefficient (Wildman–Crippen LogP) is 2.08. The average molecular weight is 357 g/mol. The van der Waals surface area contributed by atoms with Gasteiger partial charge in [-0.15, -0.1) is 0 Å². The van der Waals surface area contributed by atoms with Gasteiger partial charge in [0.25, 0.3) is 5.91 Å². The van der Waals surface area contributed by atoms with Crippen molar-refractivity contribution in [2.75, 3.05) is 13.6 Å². The quantitative estimate of drug-likeness (QED) is 0.867. The summed E-state index contributed by atoms with van der Waals surface area (Å²) in [6.45, 7) is 1.66. The van der Waals surface area contributed by atoms with Crippen molar-refractivity contribution in [3.05, 3.63) is 35.4 Å². The number of likely N-dealkylation sites (tertiary alicyclic amines) is 1. The molecule has 2 amide bonds. The third-order valence-corrected chi connectivity index (χ3v) is 4.40. The standard InChI is InChI=1S/C17H22F3N3O2/c1-11(24)23-10-14(7-8-15(23)17(18,19)20)22-9-12-3-5-13(6-4-12)16(25)21-2/h3-6,14-15,22H,7-10H2,1-2H3,(H,21,25). The van der Waals surface area contributed by atoms with Crippen molar-refractivity contribution in [2.45, 2.75) is 44.6 Å². The Balaban J connectivity index is 1.93. The number of alkyl halides is 3. The van der Waals surface area contributed by atoms with Gasteiger partial charge in [-0.05, 0) is 30.5 Å². The fourth-order valence-electron chi connectivity index (χ4n) is 3.01. The molecule has 2 rings (SSSR count). The lowest BCUT2D eigenvalue weighted by atomic mass is 9.97. The number of nitrogens with one attached hydrogen (secondary N) is 2. The lowest BCUT2D eigenvalue weighted by Crippen LogP contribution is -2.57. The van der Waals surface area contributed by atoms with Crippen molar-refractivity contribution in [3.8, 4) is 0 Å². The summed E-state index contributed by atoms with van der Waals surface area (Å²) in [4.78, 5) is 23.9. The highest BCUT2D eigenvalue weighted by atomic mass is 19.4. The molecule has 138 valence electrons. The molecule has 25 heavy (non-hydrogen) atoms. The number of hydrogen-bond donors (Lipinski definition) is 2. The fraction of sp³-hybridized carbons (Fsp3) is 0.529. The molecule has 2 N–H and O–H groups in total. The minimum Gasteiger partial charge on any atom is -0.355 e. The van der Waals surface area contributed by atoms with E-state index in [0.29, 0.717) is 18.5 Å². The maximum atomic E-state index is 13.0. The first-order chi connectivity index (χ1) is 11.7. The lowest BCUT2D eigenvalue weighted by Gasteiger charge is -2.40. The number of carbonyl (C=O) groups excluding carboxylic acids is 2. The van der Waals surface area contributed by atoms with Gasteiger partial charge in [0.1, 0.15) is 6.04 Å². The first-order valence-electron chi connectivity index (χ1n) is 8.10. The Morgan fingerprint density at radius 2 is 1.84 bits per heavy atom. The Bertz CT molecular complexity index is 617. The van der Waals surface area contributed by atoms with Crippen molar-refractivity contribution in [1.82, 2.24) is 15.5 Å². The largest absolute Gasteiger partial charge is 0.408 e. The van der Waals surface area contributed by atoms with Crippen LogP contribution in [-0.4, -0.2) is 48.6 Å². The molecule has 0 radical (unpaired) electrons. The molecule has 1 heterocycles. The maximum absolute atomic E-state index is 13.0. The molecule has 1 aliphatic rings. The lowest BCUT2D eigenvalue weighted by molar-refractivity contribution is -0.196. The van der Waals surface area contributed by atoms with Crippen LogP contribution in [0.2, 0.25) is 0 Å². The number of nitrogens with zero attached hydrogens (tertiary/aromatic N) is 1. The summed E-state index contributed by atoms with van der Waals surface area (Å²) in [6.07, 6.45) is -4.15. The van der Waals surface area contributed by atoms with E-state index in [-0.39, 0.29) is 24.9 Å². The molecule has 0 bridgehead atoms. The second kappa shape index (κ2) is 7.86. The molecular formula is C17H22F3N3O2. The number of carbonyl (C=O) groups is 2. The summed E-state index contributed by atoms with van der Waals surface area (Å²) >= 11 is 0. The van der Waals surface area contributed by atoms with Crippen molar-refractivity contribution in [2.24, 2.45) is 0 Å². The summed E-state index contributed by atoms with van der Waals surface area (Å²) in [5.74, 6) is -0.745. The number of halogens is 3. The zero-order valence-electron chi connectivity index (χ0n) is 14.2. The van der Waals surface area contributed by atoms with E-state index in [1.807, 2.05) is 0 Å². The van der Waals surface area contributed by atoms with Crippen molar-refractivity contribution >= 4 is 11.8 Å². The van der Waals surface area contributed by atoms with E-state index in [9.17, 15) is 22.8 Å². The van der Waals surface area contributed by atoms with Crippen LogP contribution in [0.25, 0.3) is 0 Å². The van der Waals surface area contributed by atoms with Gasteiger partial charge in [0.2, 0.25) is 5.91 Å². The highest BCUT2D eigenvalue weighted by molar-refractivity contribution is 5.93. The van der Waals surface area contributed by atoms with E-state index >= 15 is 0 Å². The van der Waals surface area contributed by atoms with Crippen LogP contribution in [0.1, 0.15) is 35.7 Å². The highest BCUT2D eigenvalue weighted by Crippen LogP contribution is 2.32. The van der Waals surface area contributed by atoms with Gasteiger partial charge in [-0.1, -0.05) is 12.1 Å². The molecule has 0 saturated carbocycles. The zero-order chi connectivity index (χ0) is 18.6. The summed E-state index contributed by atoms with van der Waals surface area (Å²) in [5.41, 5.74) is 1.46. The van der Waals surface area contributed by atoms with Crippen LogP contribution in [0.5, 0.6) is 0 Å². The van der Waals surface area contributed by atoms with Crippen LogP contribution in [0, 0.1) is 0 Å². The molecule has 2 unspecified atom stereocenters. The Morgan fingerprint density at radius 1 is 1.20 bits per heavy atom. The Morgan fingerprint density at radius 3 is 2.36 bits per heavy atom. The fourth-order valence-corrected chi connectivity index (χ4v) is 3.01. The summed E-state index contributed by atoms with van der Waals surface area (Å²) < 4.78 is 39.0. The van der Waals surface area contributed by atoms with Gasteiger partial charge in [-0.3, -0.25) is 9.59 Å². The third kappa shape index (κ3) is 4.94. The number of hydrogen-bond acceptors (Lipinski definition) is 3. The first kappa shape index (κ1) is 19.2. The van der Waals surface area contributed by atoms with Crippen LogP contribution >= 0.6 is 0 Å². The Labute approximate surface area is 144 Å². The van der Waals surface area contributed by atoms with Gasteiger partial charge < -0.3 is 15.5 Å². The maximum Gasteiger partial charge on any atom is 0.408 e. The zero-order valence-corrected chi connectivity index (χ0v) is 14.2. The molecule has 1 aromatic rings. The van der Waals surface area contributed by atoms with Gasteiger partial charge >= 0.3 is 6.18 Å². The van der Waals surface area contributed by atoms with Gasteiger partial charge in [0.05, 0.1) is 0 Å². The normalized spacial score (nSPS) is 21.1. The molecule has 1 aliphatic heterocycles. The van der Waals surface area contributed by atoms with E-state index in [0.717, 1.165) is 10.5 Å². The Kier molecular flexibility index (Phi) is 6.05. The van der Waals surface area contributed by atoms with Crippen LogP contribution in [-0.2, 0) is 11.3 Å². The van der Waals surface area contributed by atoms with Crippen LogP contribution in [0.15, 0.2) is 24.3 Å². The smallest absolute Gasteiger partial charge is 0.355 e. The summed E-state index contributed by atoms with van der Waals surface area (Å²) in [6, 6.07) is 5.08. The van der Waals surface area contributed by atoms with E-state index < -0.39 is 18.1 Å². The molecule has 5 nitrogen and oxygen atoms in total. The Hall–Kier alpha value is -2.09. The second-order valence-corrected chi connectivity index (χ2v) is 6.16. The third-order valence-electron chi connectivity index (χ3n) is 4.40. The summed E-state index contributed by atoms with van der Waals surface area (Å²) in [7, 11) is 1.55. The molecule has 8 heteroatoms. The number of piperidine rings is 1.